The smallest absolute Gasteiger partial charge is 0.164 e. The second-order valence-electron chi connectivity index (χ2n) is 14.4. The number of hydrogen-bond acceptors (Lipinski definition) is 4. The summed E-state index contributed by atoms with van der Waals surface area (Å²) in [5, 5.41) is 12.4. The van der Waals surface area contributed by atoms with E-state index in [1.165, 1.54) is 74.3 Å². The van der Waals surface area contributed by atoms with Gasteiger partial charge in [0.2, 0.25) is 0 Å². The number of nitrogens with zero attached hydrogens (tertiary/aromatic N) is 4. The van der Waals surface area contributed by atoms with E-state index >= 15 is 0 Å². The van der Waals surface area contributed by atoms with Crippen LogP contribution in [0.5, 0.6) is 0 Å². The Kier molecular flexibility index (Phi) is 6.76. The van der Waals surface area contributed by atoms with Crippen LogP contribution in [0.25, 0.3) is 114 Å². The Morgan fingerprint density at radius 3 is 1.54 bits per heavy atom. The summed E-state index contributed by atoms with van der Waals surface area (Å²) in [4.78, 5) is 15.0. The van der Waals surface area contributed by atoms with Gasteiger partial charge in [0, 0.05) is 48.6 Å². The summed E-state index contributed by atoms with van der Waals surface area (Å²) in [5.74, 6) is 1.96. The summed E-state index contributed by atoms with van der Waals surface area (Å²) < 4.78 is 5.12. The fraction of sp³-hybridized carbons (Fsp3) is 0. The maximum absolute atomic E-state index is 5.05. The third-order valence-corrected chi connectivity index (χ3v) is 12.4. The van der Waals surface area contributed by atoms with Gasteiger partial charge in [-0.15, -0.1) is 11.3 Å². The van der Waals surface area contributed by atoms with Gasteiger partial charge in [-0.05, 0) is 62.6 Å². The SMILES string of the molecule is c1ccc(-c2nc(-c3ccccc3)nc(-c3ccc4c5ccc(-n6c7ccccc7c7ccc8c9ccccc9sc8c76)cc5c5ccccc5c4c3)n2)cc1. The maximum Gasteiger partial charge on any atom is 0.164 e. The highest BCUT2D eigenvalue weighted by Gasteiger charge is 2.19. The zero-order valence-corrected chi connectivity index (χ0v) is 30.8. The molecule has 0 fully saturated rings. The average molecular weight is 731 g/mol. The van der Waals surface area contributed by atoms with E-state index < -0.39 is 0 Å². The predicted octanol–water partition coefficient (Wildman–Crippen LogP) is 13.8. The first kappa shape index (κ1) is 31.2. The summed E-state index contributed by atoms with van der Waals surface area (Å²) >= 11 is 1.89. The first-order valence-electron chi connectivity index (χ1n) is 18.9. The van der Waals surface area contributed by atoms with Gasteiger partial charge in [0.15, 0.2) is 17.5 Å². The zero-order chi connectivity index (χ0) is 36.7. The molecule has 0 aliphatic carbocycles. The molecule has 0 bridgehead atoms. The summed E-state index contributed by atoms with van der Waals surface area (Å²) in [6.07, 6.45) is 0. The van der Waals surface area contributed by atoms with Crippen molar-refractivity contribution in [3.05, 3.63) is 182 Å². The van der Waals surface area contributed by atoms with Gasteiger partial charge < -0.3 is 4.57 Å². The third kappa shape index (κ3) is 4.68. The molecule has 0 aliphatic rings. The lowest BCUT2D eigenvalue weighted by Gasteiger charge is -2.15. The number of benzene rings is 9. The molecule has 4 nitrogen and oxygen atoms in total. The van der Waals surface area contributed by atoms with Crippen LogP contribution in [-0.4, -0.2) is 19.5 Å². The summed E-state index contributed by atoms with van der Waals surface area (Å²) in [5.41, 5.74) is 6.50. The number of aromatic nitrogens is 4. The molecule has 3 aromatic heterocycles. The average Bonchev–Trinajstić information content (AvgIpc) is 3.83. The van der Waals surface area contributed by atoms with E-state index in [9.17, 15) is 0 Å². The molecular weight excluding hydrogens is 701 g/mol. The molecule has 9 aromatic carbocycles. The monoisotopic (exact) mass is 730 g/mol. The third-order valence-electron chi connectivity index (χ3n) is 11.2. The lowest BCUT2D eigenvalue weighted by atomic mass is 9.93. The molecule has 3 heterocycles. The van der Waals surface area contributed by atoms with Crippen LogP contribution >= 0.6 is 11.3 Å². The minimum atomic E-state index is 0.651. The maximum atomic E-state index is 5.05. The molecule has 0 saturated carbocycles. The summed E-state index contributed by atoms with van der Waals surface area (Å²) in [7, 11) is 0. The van der Waals surface area contributed by atoms with Crippen molar-refractivity contribution in [2.75, 3.05) is 0 Å². The molecule has 0 aliphatic heterocycles. The summed E-state index contributed by atoms with van der Waals surface area (Å²) in [6, 6.07) is 65.0. The molecule has 0 spiro atoms. The number of rotatable bonds is 4. The van der Waals surface area contributed by atoms with Crippen molar-refractivity contribution in [3.63, 3.8) is 0 Å². The molecule has 0 atom stereocenters. The van der Waals surface area contributed by atoms with Crippen molar-refractivity contribution in [3.8, 4) is 39.9 Å². The lowest BCUT2D eigenvalue weighted by molar-refractivity contribution is 1.07. The Bertz CT molecular complexity index is 3450. The van der Waals surface area contributed by atoms with Gasteiger partial charge in [0.1, 0.15) is 0 Å². The van der Waals surface area contributed by atoms with Crippen molar-refractivity contribution in [1.82, 2.24) is 19.5 Å². The van der Waals surface area contributed by atoms with Crippen LogP contribution in [0, 0.1) is 0 Å². The van der Waals surface area contributed by atoms with Gasteiger partial charge >= 0.3 is 0 Å². The molecule has 56 heavy (non-hydrogen) atoms. The molecule has 5 heteroatoms. The van der Waals surface area contributed by atoms with Crippen LogP contribution in [0.15, 0.2) is 182 Å². The van der Waals surface area contributed by atoms with E-state index in [-0.39, 0.29) is 0 Å². The highest BCUT2D eigenvalue weighted by atomic mass is 32.1. The normalized spacial score (nSPS) is 11.9. The zero-order valence-electron chi connectivity index (χ0n) is 30.0. The molecule has 0 unspecified atom stereocenters. The minimum absolute atomic E-state index is 0.651. The topological polar surface area (TPSA) is 43.6 Å². The van der Waals surface area contributed by atoms with Gasteiger partial charge in [-0.3, -0.25) is 0 Å². The van der Waals surface area contributed by atoms with E-state index in [2.05, 4.69) is 126 Å². The molecule has 12 aromatic rings. The minimum Gasteiger partial charge on any atom is -0.308 e. The predicted molar refractivity (Wildman–Crippen MR) is 236 cm³/mol. The molecule has 0 amide bonds. The van der Waals surface area contributed by atoms with Gasteiger partial charge in [-0.25, -0.2) is 15.0 Å². The van der Waals surface area contributed by atoms with Crippen LogP contribution < -0.4 is 0 Å². The first-order chi connectivity index (χ1) is 27.8. The first-order valence-corrected chi connectivity index (χ1v) is 19.7. The van der Waals surface area contributed by atoms with Gasteiger partial charge in [0.25, 0.3) is 0 Å². The van der Waals surface area contributed by atoms with E-state index in [0.717, 1.165) is 22.4 Å². The Morgan fingerprint density at radius 1 is 0.339 bits per heavy atom. The number of thiophene rings is 1. The van der Waals surface area contributed by atoms with Crippen LogP contribution in [0.1, 0.15) is 0 Å². The molecule has 260 valence electrons. The van der Waals surface area contributed by atoms with E-state index in [4.69, 9.17) is 15.0 Å². The Balaban J connectivity index is 1.09. The largest absolute Gasteiger partial charge is 0.308 e. The molecule has 0 N–H and O–H groups in total. The number of fused-ring (bicyclic) bond motifs is 13. The quantitative estimate of drug-likeness (QED) is 0.169. The van der Waals surface area contributed by atoms with E-state index in [1.807, 2.05) is 72.0 Å². The van der Waals surface area contributed by atoms with Crippen LogP contribution in [0.4, 0.5) is 0 Å². The van der Waals surface area contributed by atoms with Gasteiger partial charge in [-0.2, -0.15) is 0 Å². The molecule has 0 saturated heterocycles. The van der Waals surface area contributed by atoms with Gasteiger partial charge in [0.05, 0.1) is 15.7 Å². The fourth-order valence-corrected chi connectivity index (χ4v) is 9.90. The Labute approximate surface area is 325 Å². The van der Waals surface area contributed by atoms with Gasteiger partial charge in [-0.1, -0.05) is 152 Å². The van der Waals surface area contributed by atoms with Crippen molar-refractivity contribution in [2.45, 2.75) is 0 Å². The second kappa shape index (κ2) is 12.2. The molecule has 0 radical (unpaired) electrons. The second-order valence-corrected chi connectivity index (χ2v) is 15.4. The molecular formula is C51H30N4S. The Morgan fingerprint density at radius 2 is 0.839 bits per heavy atom. The molecule has 12 rings (SSSR count). The van der Waals surface area contributed by atoms with Crippen LogP contribution in [0.2, 0.25) is 0 Å². The van der Waals surface area contributed by atoms with Crippen molar-refractivity contribution in [1.29, 1.82) is 0 Å². The van der Waals surface area contributed by atoms with E-state index in [1.54, 1.807) is 0 Å². The highest BCUT2D eigenvalue weighted by molar-refractivity contribution is 7.26. The van der Waals surface area contributed by atoms with Crippen molar-refractivity contribution in [2.24, 2.45) is 0 Å². The number of para-hydroxylation sites is 1. The van der Waals surface area contributed by atoms with Crippen LogP contribution in [0.3, 0.4) is 0 Å². The fourth-order valence-electron chi connectivity index (χ4n) is 8.66. The highest BCUT2D eigenvalue weighted by Crippen LogP contribution is 2.44. The van der Waals surface area contributed by atoms with Crippen molar-refractivity contribution < 1.29 is 0 Å². The van der Waals surface area contributed by atoms with E-state index in [0.29, 0.717) is 17.5 Å². The number of hydrogen-bond donors (Lipinski definition) is 0. The van der Waals surface area contributed by atoms with Crippen molar-refractivity contribution >= 4 is 85.6 Å². The van der Waals surface area contributed by atoms with Crippen LogP contribution in [-0.2, 0) is 0 Å². The lowest BCUT2D eigenvalue weighted by Crippen LogP contribution is -2.00. The Hall–Kier alpha value is -7.21. The standard InChI is InChI=1S/C51H30N4S/c1-3-13-31(14-4-1)49-52-50(32-15-5-2-6-16-32)54-51(53-49)33-23-25-37-38-26-24-34(30-44(38)36-18-8-7-17-35(36)43(37)29-33)55-45-21-11-9-19-39(45)41-27-28-42-40-20-10-12-22-46(40)56-48(42)47(41)55/h1-30H. The summed E-state index contributed by atoms with van der Waals surface area (Å²) in [6.45, 7) is 0.